The van der Waals surface area contributed by atoms with Gasteiger partial charge in [-0.3, -0.25) is 4.79 Å². The highest BCUT2D eigenvalue weighted by atomic mass is 32.2. The van der Waals surface area contributed by atoms with E-state index in [-0.39, 0.29) is 5.91 Å². The summed E-state index contributed by atoms with van der Waals surface area (Å²) < 4.78 is 0. The zero-order valence-electron chi connectivity index (χ0n) is 10.7. The van der Waals surface area contributed by atoms with Crippen molar-refractivity contribution in [2.45, 2.75) is 16.7 Å². The van der Waals surface area contributed by atoms with Crippen LogP contribution in [0.15, 0.2) is 71.0 Å². The Balaban J connectivity index is 2.15. The van der Waals surface area contributed by atoms with Crippen LogP contribution < -0.4 is 5.32 Å². The number of carbonyl (C=O) groups is 1. The molecule has 3 heteroatoms. The summed E-state index contributed by atoms with van der Waals surface area (Å²) in [6.45, 7) is 5.51. The Labute approximate surface area is 117 Å². The smallest absolute Gasteiger partial charge is 0.247 e. The maximum absolute atomic E-state index is 11.3. The Bertz CT molecular complexity index is 607. The molecule has 96 valence electrons. The van der Waals surface area contributed by atoms with Gasteiger partial charge in [0.1, 0.15) is 0 Å². The molecule has 1 N–H and O–H groups in total. The minimum atomic E-state index is -0.197. The molecule has 0 aliphatic carbocycles. The fraction of sp³-hybridized carbons (Fsp3) is 0.0625. The third-order valence-electron chi connectivity index (χ3n) is 2.51. The van der Waals surface area contributed by atoms with Crippen molar-refractivity contribution in [1.29, 1.82) is 0 Å². The third kappa shape index (κ3) is 4.00. The fourth-order valence-corrected chi connectivity index (χ4v) is 2.64. The quantitative estimate of drug-likeness (QED) is 0.840. The van der Waals surface area contributed by atoms with Gasteiger partial charge in [-0.25, -0.2) is 0 Å². The van der Waals surface area contributed by atoms with E-state index in [1.165, 1.54) is 16.5 Å². The molecular formula is C16H15NOS. The van der Waals surface area contributed by atoms with Crippen LogP contribution in [0.1, 0.15) is 5.56 Å². The highest BCUT2D eigenvalue weighted by Crippen LogP contribution is 2.29. The predicted octanol–water partition coefficient (Wildman–Crippen LogP) is 4.27. The van der Waals surface area contributed by atoms with E-state index in [0.29, 0.717) is 0 Å². The molecule has 0 saturated carbocycles. The molecule has 19 heavy (non-hydrogen) atoms. The van der Waals surface area contributed by atoms with Crippen LogP contribution in [-0.4, -0.2) is 5.91 Å². The molecule has 2 nitrogen and oxygen atoms in total. The van der Waals surface area contributed by atoms with E-state index in [1.807, 2.05) is 30.3 Å². The molecule has 2 aromatic rings. The highest BCUT2D eigenvalue weighted by Gasteiger charge is 2.01. The summed E-state index contributed by atoms with van der Waals surface area (Å²) in [5, 5.41) is 2.76. The second-order valence-electron chi connectivity index (χ2n) is 4.14. The molecule has 0 unspecified atom stereocenters. The number of benzene rings is 2. The van der Waals surface area contributed by atoms with Gasteiger partial charge in [-0.1, -0.05) is 42.1 Å². The molecule has 0 heterocycles. The monoisotopic (exact) mass is 269 g/mol. The second kappa shape index (κ2) is 6.25. The third-order valence-corrected chi connectivity index (χ3v) is 3.49. The van der Waals surface area contributed by atoms with Crippen molar-refractivity contribution in [3.63, 3.8) is 0 Å². The van der Waals surface area contributed by atoms with Crippen molar-refractivity contribution in [3.05, 3.63) is 66.7 Å². The normalized spacial score (nSPS) is 9.95. The van der Waals surface area contributed by atoms with Gasteiger partial charge < -0.3 is 5.32 Å². The zero-order chi connectivity index (χ0) is 13.7. The molecule has 0 aliphatic heterocycles. The maximum atomic E-state index is 11.3. The second-order valence-corrected chi connectivity index (χ2v) is 5.29. The van der Waals surface area contributed by atoms with E-state index in [9.17, 15) is 4.79 Å². The molecule has 0 bridgehead atoms. The Morgan fingerprint density at radius 1 is 1.16 bits per heavy atom. The molecular weight excluding hydrogens is 254 g/mol. The molecule has 0 aliphatic rings. The molecule has 0 radical (unpaired) electrons. The van der Waals surface area contributed by atoms with Gasteiger partial charge in [0.05, 0.1) is 0 Å². The number of hydrogen-bond donors (Lipinski definition) is 1. The lowest BCUT2D eigenvalue weighted by atomic mass is 10.2. The largest absolute Gasteiger partial charge is 0.322 e. The molecule has 0 spiro atoms. The summed E-state index contributed by atoms with van der Waals surface area (Å²) in [5.74, 6) is -0.197. The minimum Gasteiger partial charge on any atom is -0.322 e. The van der Waals surface area contributed by atoms with Gasteiger partial charge >= 0.3 is 0 Å². The highest BCUT2D eigenvalue weighted by molar-refractivity contribution is 7.99. The molecule has 2 aromatic carbocycles. The SMILES string of the molecule is C=CC(=O)Nc1cccc(Sc2cccc(C)c2)c1. The van der Waals surface area contributed by atoms with Crippen molar-refractivity contribution in [3.8, 4) is 0 Å². The van der Waals surface area contributed by atoms with Gasteiger partial charge in [0.15, 0.2) is 0 Å². The average Bonchev–Trinajstić information content (AvgIpc) is 2.39. The molecule has 0 atom stereocenters. The van der Waals surface area contributed by atoms with Crippen LogP contribution in [0.25, 0.3) is 0 Å². The summed E-state index contributed by atoms with van der Waals surface area (Å²) >= 11 is 1.67. The first-order valence-corrected chi connectivity index (χ1v) is 6.77. The van der Waals surface area contributed by atoms with Crippen LogP contribution in [0.5, 0.6) is 0 Å². The first-order chi connectivity index (χ1) is 9.17. The van der Waals surface area contributed by atoms with Gasteiger partial charge in [-0.15, -0.1) is 0 Å². The molecule has 0 saturated heterocycles. The number of carbonyl (C=O) groups excluding carboxylic acids is 1. The predicted molar refractivity (Wildman–Crippen MR) is 80.6 cm³/mol. The van der Waals surface area contributed by atoms with Crippen LogP contribution in [0, 0.1) is 6.92 Å². The van der Waals surface area contributed by atoms with Crippen molar-refractivity contribution in [2.75, 3.05) is 5.32 Å². The first kappa shape index (κ1) is 13.4. The van der Waals surface area contributed by atoms with Crippen molar-refractivity contribution < 1.29 is 4.79 Å². The number of anilines is 1. The van der Waals surface area contributed by atoms with Gasteiger partial charge in [-0.05, 0) is 43.3 Å². The fourth-order valence-electron chi connectivity index (χ4n) is 1.65. The summed E-state index contributed by atoms with van der Waals surface area (Å²) in [7, 11) is 0. The molecule has 2 rings (SSSR count). The van der Waals surface area contributed by atoms with E-state index in [0.717, 1.165) is 10.6 Å². The summed E-state index contributed by atoms with van der Waals surface area (Å²) in [5.41, 5.74) is 2.02. The van der Waals surface area contributed by atoms with E-state index in [1.54, 1.807) is 11.8 Å². The molecule has 1 amide bonds. The topological polar surface area (TPSA) is 29.1 Å². The summed E-state index contributed by atoms with van der Waals surface area (Å²) in [6.07, 6.45) is 1.26. The lowest BCUT2D eigenvalue weighted by Crippen LogP contribution is -2.06. The van der Waals surface area contributed by atoms with E-state index in [2.05, 4.69) is 37.0 Å². The van der Waals surface area contributed by atoms with Gasteiger partial charge in [0, 0.05) is 15.5 Å². The first-order valence-electron chi connectivity index (χ1n) is 5.95. The van der Waals surface area contributed by atoms with Crippen molar-refractivity contribution in [1.82, 2.24) is 0 Å². The van der Waals surface area contributed by atoms with Crippen molar-refractivity contribution in [2.24, 2.45) is 0 Å². The average molecular weight is 269 g/mol. The number of rotatable bonds is 4. The van der Waals surface area contributed by atoms with E-state index >= 15 is 0 Å². The van der Waals surface area contributed by atoms with E-state index in [4.69, 9.17) is 0 Å². The lowest BCUT2D eigenvalue weighted by Gasteiger charge is -2.06. The number of nitrogens with one attached hydrogen (secondary N) is 1. The zero-order valence-corrected chi connectivity index (χ0v) is 11.5. The van der Waals surface area contributed by atoms with E-state index < -0.39 is 0 Å². The van der Waals surface area contributed by atoms with Crippen molar-refractivity contribution >= 4 is 23.4 Å². The van der Waals surface area contributed by atoms with Gasteiger partial charge in [-0.2, -0.15) is 0 Å². The Morgan fingerprint density at radius 3 is 2.53 bits per heavy atom. The van der Waals surface area contributed by atoms with Crippen LogP contribution in [-0.2, 0) is 4.79 Å². The van der Waals surface area contributed by atoms with Crippen LogP contribution in [0.2, 0.25) is 0 Å². The van der Waals surface area contributed by atoms with Crippen LogP contribution >= 0.6 is 11.8 Å². The van der Waals surface area contributed by atoms with Gasteiger partial charge in [0.2, 0.25) is 5.91 Å². The minimum absolute atomic E-state index is 0.197. The van der Waals surface area contributed by atoms with Crippen LogP contribution in [0.4, 0.5) is 5.69 Å². The summed E-state index contributed by atoms with van der Waals surface area (Å²) in [4.78, 5) is 13.5. The Hall–Kier alpha value is -2.00. The van der Waals surface area contributed by atoms with Gasteiger partial charge in [0.25, 0.3) is 0 Å². The standard InChI is InChI=1S/C16H15NOS/c1-3-16(18)17-13-7-5-9-15(11-13)19-14-8-4-6-12(2)10-14/h3-11H,1H2,2H3,(H,17,18). The maximum Gasteiger partial charge on any atom is 0.247 e. The number of hydrogen-bond acceptors (Lipinski definition) is 2. The molecule has 0 aromatic heterocycles. The number of amides is 1. The van der Waals surface area contributed by atoms with Crippen LogP contribution in [0.3, 0.4) is 0 Å². The Kier molecular flexibility index (Phi) is 4.42. The lowest BCUT2D eigenvalue weighted by molar-refractivity contribution is -0.111. The molecule has 0 fully saturated rings. The Morgan fingerprint density at radius 2 is 1.84 bits per heavy atom. The summed E-state index contributed by atoms with van der Waals surface area (Å²) in [6, 6.07) is 16.1. The number of aryl methyl sites for hydroxylation is 1.